The van der Waals surface area contributed by atoms with Crippen LogP contribution in [0.2, 0.25) is 0 Å². The molecule has 200 valence electrons. The lowest BCUT2D eigenvalue weighted by Gasteiger charge is -2.50. The molecule has 0 radical (unpaired) electrons. The van der Waals surface area contributed by atoms with E-state index in [4.69, 9.17) is 4.74 Å². The number of aliphatic hydroxyl groups excluding tert-OH is 1. The molecular formula is C31H33F3N2O2. The first-order valence-corrected chi connectivity index (χ1v) is 12.6. The Morgan fingerprint density at radius 3 is 2.45 bits per heavy atom. The third kappa shape index (κ3) is 5.17. The van der Waals surface area contributed by atoms with Crippen LogP contribution in [0.4, 0.5) is 13.2 Å². The Balaban J connectivity index is 1.90. The molecule has 0 spiro atoms. The van der Waals surface area contributed by atoms with E-state index in [1.807, 2.05) is 35.3 Å². The Morgan fingerprint density at radius 1 is 1.18 bits per heavy atom. The number of benzene rings is 2. The molecule has 0 saturated heterocycles. The van der Waals surface area contributed by atoms with Gasteiger partial charge in [-0.25, -0.2) is 5.01 Å². The van der Waals surface area contributed by atoms with Gasteiger partial charge >= 0.3 is 6.18 Å². The summed E-state index contributed by atoms with van der Waals surface area (Å²) in [7, 11) is 0. The molecule has 38 heavy (non-hydrogen) atoms. The second-order valence-electron chi connectivity index (χ2n) is 10.3. The van der Waals surface area contributed by atoms with Crippen LogP contribution in [0.25, 0.3) is 5.70 Å². The van der Waals surface area contributed by atoms with E-state index in [0.717, 1.165) is 24.5 Å². The molecule has 0 fully saturated rings. The number of hydrazine groups is 1. The van der Waals surface area contributed by atoms with Gasteiger partial charge in [-0.1, -0.05) is 50.4 Å². The molecule has 0 saturated carbocycles. The van der Waals surface area contributed by atoms with Crippen molar-refractivity contribution in [2.75, 3.05) is 0 Å². The summed E-state index contributed by atoms with van der Waals surface area (Å²) in [5.41, 5.74) is 6.61. The largest absolute Gasteiger partial charge is 0.508 e. The molecule has 0 bridgehead atoms. The van der Waals surface area contributed by atoms with E-state index in [0.29, 0.717) is 29.0 Å². The summed E-state index contributed by atoms with van der Waals surface area (Å²) in [6, 6.07) is 12.7. The summed E-state index contributed by atoms with van der Waals surface area (Å²) in [6.45, 7) is 15.4. The molecule has 1 atom stereocenters. The average Bonchev–Trinajstić information content (AvgIpc) is 2.89. The normalized spacial score (nSPS) is 16.6. The predicted molar refractivity (Wildman–Crippen MR) is 144 cm³/mol. The molecule has 2 aromatic rings. The number of aliphatic hydroxyl groups is 1. The Kier molecular flexibility index (Phi) is 7.37. The summed E-state index contributed by atoms with van der Waals surface area (Å²) >= 11 is 0. The van der Waals surface area contributed by atoms with Crippen LogP contribution in [0, 0.1) is 0 Å². The first-order chi connectivity index (χ1) is 17.9. The van der Waals surface area contributed by atoms with Crippen LogP contribution in [0.5, 0.6) is 5.75 Å². The summed E-state index contributed by atoms with van der Waals surface area (Å²) in [6.07, 6.45) is -0.107. The van der Waals surface area contributed by atoms with Gasteiger partial charge in [0.2, 0.25) is 0 Å². The molecule has 1 N–H and O–H groups in total. The number of halogens is 3. The van der Waals surface area contributed by atoms with E-state index in [1.165, 1.54) is 0 Å². The van der Waals surface area contributed by atoms with Gasteiger partial charge in [0.15, 0.2) is 0 Å². The number of allylic oxidation sites excluding steroid dienone is 2. The zero-order chi connectivity index (χ0) is 27.8. The van der Waals surface area contributed by atoms with Crippen LogP contribution in [0.15, 0.2) is 90.5 Å². The SMILES string of the molecule is C=C=C1C=C2c3cc(C(C)C(F)(F)F)c(OCc4ccccc4)cc3CN(C(C)(C)CC)N2C=C1C(=C)O. The van der Waals surface area contributed by atoms with E-state index in [2.05, 4.69) is 44.7 Å². The number of hydrogen-bond donors (Lipinski definition) is 1. The minimum atomic E-state index is -4.45. The van der Waals surface area contributed by atoms with Gasteiger partial charge in [-0.3, -0.25) is 5.01 Å². The van der Waals surface area contributed by atoms with Gasteiger partial charge in [-0.05, 0) is 56.5 Å². The molecule has 0 amide bonds. The molecule has 0 aromatic heterocycles. The third-order valence-electron chi connectivity index (χ3n) is 7.42. The summed E-state index contributed by atoms with van der Waals surface area (Å²) in [5, 5.41) is 14.3. The highest BCUT2D eigenvalue weighted by molar-refractivity contribution is 5.77. The lowest BCUT2D eigenvalue weighted by atomic mass is 9.88. The molecule has 4 rings (SSSR count). The van der Waals surface area contributed by atoms with Gasteiger partial charge in [-0.15, -0.1) is 5.73 Å². The predicted octanol–water partition coefficient (Wildman–Crippen LogP) is 8.17. The summed E-state index contributed by atoms with van der Waals surface area (Å²) in [4.78, 5) is 0. The zero-order valence-corrected chi connectivity index (χ0v) is 22.2. The van der Waals surface area contributed by atoms with Crippen molar-refractivity contribution in [3.63, 3.8) is 0 Å². The van der Waals surface area contributed by atoms with Crippen molar-refractivity contribution in [2.24, 2.45) is 0 Å². The number of ether oxygens (including phenoxy) is 1. The van der Waals surface area contributed by atoms with Crippen LogP contribution in [0.1, 0.15) is 62.3 Å². The minimum Gasteiger partial charge on any atom is -0.508 e. The monoisotopic (exact) mass is 522 g/mol. The van der Waals surface area contributed by atoms with Crippen LogP contribution in [0.3, 0.4) is 0 Å². The van der Waals surface area contributed by atoms with Crippen molar-refractivity contribution < 1.29 is 23.0 Å². The fourth-order valence-corrected chi connectivity index (χ4v) is 4.63. The zero-order valence-electron chi connectivity index (χ0n) is 22.2. The van der Waals surface area contributed by atoms with Crippen molar-refractivity contribution >= 4 is 5.70 Å². The Bertz CT molecular complexity index is 1350. The third-order valence-corrected chi connectivity index (χ3v) is 7.42. The highest BCUT2D eigenvalue weighted by Gasteiger charge is 2.42. The standard InChI is InChI=1S/C31H33F3N2O2/c1-7-23-14-28-26-16-25(20(3)31(32,33)34)29(38-19-22-12-10-9-11-13-22)15-24(26)17-36(30(5,6)8-2)35(28)18-27(23)21(4)37/h9-16,18,20,37H,1,4,8,17,19H2,2-3,5-6H3. The lowest BCUT2D eigenvalue weighted by Crippen LogP contribution is -2.53. The first kappa shape index (κ1) is 27.4. The van der Waals surface area contributed by atoms with Gasteiger partial charge in [0.1, 0.15) is 18.1 Å². The van der Waals surface area contributed by atoms with Gasteiger partial charge in [0.25, 0.3) is 0 Å². The fraction of sp³-hybridized carbons (Fsp3) is 0.323. The highest BCUT2D eigenvalue weighted by Crippen LogP contribution is 2.46. The second kappa shape index (κ2) is 10.2. The Hall–Kier alpha value is -3.67. The first-order valence-electron chi connectivity index (χ1n) is 12.6. The van der Waals surface area contributed by atoms with E-state index >= 15 is 0 Å². The number of nitrogens with zero attached hydrogens (tertiary/aromatic N) is 2. The van der Waals surface area contributed by atoms with Crippen LogP contribution in [-0.2, 0) is 13.2 Å². The van der Waals surface area contributed by atoms with Crippen LogP contribution >= 0.6 is 0 Å². The van der Waals surface area contributed by atoms with Crippen molar-refractivity contribution in [2.45, 2.75) is 64.9 Å². The van der Waals surface area contributed by atoms with Crippen molar-refractivity contribution in [3.8, 4) is 5.75 Å². The molecule has 2 aliphatic heterocycles. The van der Waals surface area contributed by atoms with E-state index in [1.54, 1.807) is 24.4 Å². The van der Waals surface area contributed by atoms with Crippen molar-refractivity contribution in [3.05, 3.63) is 113 Å². The van der Waals surface area contributed by atoms with E-state index in [9.17, 15) is 18.3 Å². The van der Waals surface area contributed by atoms with Gasteiger partial charge in [-0.2, -0.15) is 13.2 Å². The maximum Gasteiger partial charge on any atom is 0.395 e. The summed E-state index contributed by atoms with van der Waals surface area (Å²) < 4.78 is 48.1. The van der Waals surface area contributed by atoms with Gasteiger partial charge < -0.3 is 9.84 Å². The summed E-state index contributed by atoms with van der Waals surface area (Å²) in [5.74, 6) is -1.65. The molecular weight excluding hydrogens is 489 g/mol. The smallest absolute Gasteiger partial charge is 0.395 e. The van der Waals surface area contributed by atoms with Crippen LogP contribution < -0.4 is 4.74 Å². The number of rotatable bonds is 7. The van der Waals surface area contributed by atoms with Crippen molar-refractivity contribution in [1.29, 1.82) is 0 Å². The van der Waals surface area contributed by atoms with E-state index in [-0.39, 0.29) is 29.2 Å². The lowest BCUT2D eigenvalue weighted by molar-refractivity contribution is -0.146. The Morgan fingerprint density at radius 2 is 1.87 bits per heavy atom. The molecule has 0 aliphatic carbocycles. The molecule has 4 nitrogen and oxygen atoms in total. The topological polar surface area (TPSA) is 35.9 Å². The van der Waals surface area contributed by atoms with Gasteiger partial charge in [0.05, 0.1) is 11.6 Å². The second-order valence-corrected chi connectivity index (χ2v) is 10.3. The molecule has 2 aromatic carbocycles. The molecule has 2 heterocycles. The van der Waals surface area contributed by atoms with Crippen molar-refractivity contribution in [1.82, 2.24) is 10.0 Å². The maximum atomic E-state index is 14.0. The fourth-order valence-electron chi connectivity index (χ4n) is 4.63. The minimum absolute atomic E-state index is 0.0710. The number of hydrogen-bond acceptors (Lipinski definition) is 4. The molecule has 7 heteroatoms. The van der Waals surface area contributed by atoms with Gasteiger partial charge in [0, 0.05) is 40.6 Å². The average molecular weight is 523 g/mol. The molecule has 2 aliphatic rings. The number of fused-ring (bicyclic) bond motifs is 3. The quantitative estimate of drug-likeness (QED) is 0.294. The van der Waals surface area contributed by atoms with E-state index < -0.39 is 12.1 Å². The molecule has 1 unspecified atom stereocenters. The number of alkyl halides is 3. The maximum absolute atomic E-state index is 14.0. The van der Waals surface area contributed by atoms with Crippen LogP contribution in [-0.4, -0.2) is 26.8 Å². The Labute approximate surface area is 222 Å². The highest BCUT2D eigenvalue weighted by atomic mass is 19.4.